The topological polar surface area (TPSA) is 20.3 Å². The molecular weight excluding hydrogens is 206 g/mol. The number of halogens is 1. The molecule has 1 aliphatic heterocycles. The van der Waals surface area contributed by atoms with Crippen LogP contribution in [-0.4, -0.2) is 30.3 Å². The predicted octanol–water partition coefficient (Wildman–Crippen LogP) is 1.56. The van der Waals surface area contributed by atoms with Crippen LogP contribution in [0.5, 0.6) is 0 Å². The maximum atomic E-state index is 10.8. The number of ketones is 1. The molecule has 0 aromatic carbocycles. The van der Waals surface area contributed by atoms with Gasteiger partial charge in [0.15, 0.2) is 0 Å². The van der Waals surface area contributed by atoms with Crippen LogP contribution >= 0.6 is 15.9 Å². The minimum atomic E-state index is 0.390. The summed E-state index contributed by atoms with van der Waals surface area (Å²) in [6, 6.07) is 0. The minimum Gasteiger partial charge on any atom is -0.300 e. The molecule has 1 rings (SSSR count). The van der Waals surface area contributed by atoms with E-state index in [1.165, 1.54) is 0 Å². The molecule has 0 aromatic rings. The monoisotopic (exact) mass is 217 g/mol. The first-order valence-electron chi connectivity index (χ1n) is 3.76. The van der Waals surface area contributed by atoms with Crippen LogP contribution in [0.15, 0.2) is 11.1 Å². The smallest absolute Gasteiger partial charge is 0.135 e. The standard InChI is InChI=1S/C8H12BrNO/c1-7(9)6-10-4-2-8(11)3-5-10/h1-6H2. The summed E-state index contributed by atoms with van der Waals surface area (Å²) in [5.41, 5.74) is 0. The summed E-state index contributed by atoms with van der Waals surface area (Å²) in [6.45, 7) is 6.41. The van der Waals surface area contributed by atoms with Gasteiger partial charge in [-0.05, 0) is 0 Å². The van der Waals surface area contributed by atoms with Gasteiger partial charge in [-0.25, -0.2) is 0 Å². The molecular formula is C8H12BrNO. The highest BCUT2D eigenvalue weighted by Crippen LogP contribution is 2.10. The maximum Gasteiger partial charge on any atom is 0.135 e. The van der Waals surface area contributed by atoms with Crippen LogP contribution in [0, 0.1) is 0 Å². The summed E-state index contributed by atoms with van der Waals surface area (Å²) in [6.07, 6.45) is 1.42. The molecule has 0 N–H and O–H groups in total. The average Bonchev–Trinajstić information content (AvgIpc) is 1.93. The van der Waals surface area contributed by atoms with Crippen molar-refractivity contribution in [3.8, 4) is 0 Å². The van der Waals surface area contributed by atoms with Crippen LogP contribution in [0.25, 0.3) is 0 Å². The molecule has 0 saturated carbocycles. The minimum absolute atomic E-state index is 0.390. The lowest BCUT2D eigenvalue weighted by molar-refractivity contribution is -0.121. The fourth-order valence-electron chi connectivity index (χ4n) is 1.20. The third-order valence-electron chi connectivity index (χ3n) is 1.81. The normalized spacial score (nSPS) is 20.3. The van der Waals surface area contributed by atoms with Gasteiger partial charge >= 0.3 is 0 Å². The average molecular weight is 218 g/mol. The number of piperidine rings is 1. The fourth-order valence-corrected chi connectivity index (χ4v) is 1.56. The molecule has 0 radical (unpaired) electrons. The predicted molar refractivity (Wildman–Crippen MR) is 48.7 cm³/mol. The number of rotatable bonds is 2. The second-order valence-electron chi connectivity index (χ2n) is 2.83. The van der Waals surface area contributed by atoms with Crippen molar-refractivity contribution in [1.82, 2.24) is 4.90 Å². The van der Waals surface area contributed by atoms with Crippen molar-refractivity contribution in [3.63, 3.8) is 0 Å². The molecule has 0 unspecified atom stereocenters. The van der Waals surface area contributed by atoms with Gasteiger partial charge in [-0.3, -0.25) is 9.69 Å². The Morgan fingerprint density at radius 2 is 2.09 bits per heavy atom. The van der Waals surface area contributed by atoms with Crippen molar-refractivity contribution in [3.05, 3.63) is 11.1 Å². The summed E-state index contributed by atoms with van der Waals surface area (Å²) in [4.78, 5) is 13.1. The lowest BCUT2D eigenvalue weighted by Gasteiger charge is -2.25. The van der Waals surface area contributed by atoms with E-state index in [0.717, 1.165) is 24.1 Å². The van der Waals surface area contributed by atoms with Crippen molar-refractivity contribution in [2.24, 2.45) is 0 Å². The second kappa shape index (κ2) is 4.02. The Labute approximate surface area is 75.4 Å². The van der Waals surface area contributed by atoms with Gasteiger partial charge in [0, 0.05) is 37.0 Å². The van der Waals surface area contributed by atoms with Crippen molar-refractivity contribution in [2.45, 2.75) is 12.8 Å². The second-order valence-corrected chi connectivity index (χ2v) is 3.95. The Kier molecular flexibility index (Phi) is 3.27. The molecule has 0 aliphatic carbocycles. The zero-order valence-electron chi connectivity index (χ0n) is 6.48. The highest BCUT2D eigenvalue weighted by molar-refractivity contribution is 9.11. The number of likely N-dealkylation sites (tertiary alicyclic amines) is 1. The first kappa shape index (κ1) is 8.94. The Balaban J connectivity index is 2.28. The van der Waals surface area contributed by atoms with Crippen molar-refractivity contribution in [1.29, 1.82) is 0 Å². The van der Waals surface area contributed by atoms with Gasteiger partial charge in [0.2, 0.25) is 0 Å². The quantitative estimate of drug-likeness (QED) is 0.700. The van der Waals surface area contributed by atoms with Crippen LogP contribution in [0.3, 0.4) is 0 Å². The van der Waals surface area contributed by atoms with E-state index in [-0.39, 0.29) is 0 Å². The van der Waals surface area contributed by atoms with E-state index < -0.39 is 0 Å². The van der Waals surface area contributed by atoms with E-state index >= 15 is 0 Å². The maximum absolute atomic E-state index is 10.8. The molecule has 1 saturated heterocycles. The van der Waals surface area contributed by atoms with E-state index in [1.807, 2.05) is 0 Å². The molecule has 62 valence electrons. The summed E-state index contributed by atoms with van der Waals surface area (Å²) in [5, 5.41) is 0. The summed E-state index contributed by atoms with van der Waals surface area (Å²) in [7, 11) is 0. The zero-order valence-corrected chi connectivity index (χ0v) is 8.06. The number of carbonyl (C=O) groups excluding carboxylic acids is 1. The summed E-state index contributed by atoms with van der Waals surface area (Å²) < 4.78 is 0.992. The van der Waals surface area contributed by atoms with Crippen molar-refractivity contribution < 1.29 is 4.79 Å². The zero-order chi connectivity index (χ0) is 8.27. The molecule has 1 aliphatic rings. The molecule has 11 heavy (non-hydrogen) atoms. The highest BCUT2D eigenvalue weighted by Gasteiger charge is 2.15. The van der Waals surface area contributed by atoms with Crippen molar-refractivity contribution >= 4 is 21.7 Å². The molecule has 1 fully saturated rings. The molecule has 1 heterocycles. The number of hydrogen-bond donors (Lipinski definition) is 0. The van der Waals surface area contributed by atoms with Gasteiger partial charge in [0.25, 0.3) is 0 Å². The molecule has 0 atom stereocenters. The Hall–Kier alpha value is -0.150. The Bertz CT molecular complexity index is 169. The molecule has 0 bridgehead atoms. The van der Waals surface area contributed by atoms with Crippen LogP contribution < -0.4 is 0 Å². The first-order chi connectivity index (χ1) is 5.18. The van der Waals surface area contributed by atoms with Crippen LogP contribution in [0.2, 0.25) is 0 Å². The first-order valence-corrected chi connectivity index (χ1v) is 4.55. The lowest BCUT2D eigenvalue weighted by atomic mass is 10.1. The van der Waals surface area contributed by atoms with Gasteiger partial charge < -0.3 is 0 Å². The number of Topliss-reactive ketones (excluding diaryl/α,β-unsaturated/α-hetero) is 1. The van der Waals surface area contributed by atoms with Gasteiger partial charge in [0.1, 0.15) is 5.78 Å². The summed E-state index contributed by atoms with van der Waals surface area (Å²) in [5.74, 6) is 0.390. The molecule has 2 nitrogen and oxygen atoms in total. The van der Waals surface area contributed by atoms with Gasteiger partial charge in [-0.15, -0.1) is 0 Å². The molecule has 0 aromatic heterocycles. The van der Waals surface area contributed by atoms with Gasteiger partial charge in [-0.2, -0.15) is 0 Å². The van der Waals surface area contributed by atoms with E-state index in [1.54, 1.807) is 0 Å². The SMILES string of the molecule is C=C(Br)CN1CCC(=O)CC1. The molecule has 0 spiro atoms. The van der Waals surface area contributed by atoms with Gasteiger partial charge in [-0.1, -0.05) is 22.5 Å². The fraction of sp³-hybridized carbons (Fsp3) is 0.625. The van der Waals surface area contributed by atoms with Crippen molar-refractivity contribution in [2.75, 3.05) is 19.6 Å². The van der Waals surface area contributed by atoms with E-state index in [4.69, 9.17) is 0 Å². The molecule has 0 amide bonds. The van der Waals surface area contributed by atoms with E-state index in [2.05, 4.69) is 27.4 Å². The number of nitrogens with zero attached hydrogens (tertiary/aromatic N) is 1. The third-order valence-corrected chi connectivity index (χ3v) is 2.06. The largest absolute Gasteiger partial charge is 0.300 e. The third kappa shape index (κ3) is 3.16. The van der Waals surface area contributed by atoms with Crippen LogP contribution in [-0.2, 0) is 4.79 Å². The lowest BCUT2D eigenvalue weighted by Crippen LogP contribution is -2.34. The van der Waals surface area contributed by atoms with E-state index in [9.17, 15) is 4.79 Å². The van der Waals surface area contributed by atoms with Crippen LogP contribution in [0.4, 0.5) is 0 Å². The number of hydrogen-bond acceptors (Lipinski definition) is 2. The number of carbonyl (C=O) groups is 1. The van der Waals surface area contributed by atoms with E-state index in [0.29, 0.717) is 18.6 Å². The Morgan fingerprint density at radius 1 is 1.55 bits per heavy atom. The summed E-state index contributed by atoms with van der Waals surface area (Å²) >= 11 is 3.30. The van der Waals surface area contributed by atoms with Crippen LogP contribution in [0.1, 0.15) is 12.8 Å². The van der Waals surface area contributed by atoms with Gasteiger partial charge in [0.05, 0.1) is 0 Å². The highest BCUT2D eigenvalue weighted by atomic mass is 79.9. The molecule has 3 heteroatoms. The Morgan fingerprint density at radius 3 is 2.55 bits per heavy atom.